The van der Waals surface area contributed by atoms with E-state index in [1.165, 1.54) is 24.8 Å². The van der Waals surface area contributed by atoms with Gasteiger partial charge in [-0.05, 0) is 30.5 Å². The van der Waals surface area contributed by atoms with Crippen LogP contribution in [0.25, 0.3) is 0 Å². The van der Waals surface area contributed by atoms with Crippen molar-refractivity contribution in [2.24, 2.45) is 7.05 Å². The number of imidazole rings is 1. The molecule has 5 heteroatoms. The lowest BCUT2D eigenvalue weighted by Gasteiger charge is -2.31. The molecule has 1 aromatic carbocycles. The predicted molar refractivity (Wildman–Crippen MR) is 98.2 cm³/mol. The largest absolute Gasteiger partial charge is 0.339 e. The van der Waals surface area contributed by atoms with E-state index in [1.54, 1.807) is 11.8 Å². The van der Waals surface area contributed by atoms with Gasteiger partial charge in [-0.1, -0.05) is 43.2 Å². The topological polar surface area (TPSA) is 38.1 Å². The van der Waals surface area contributed by atoms with Gasteiger partial charge in [-0.15, -0.1) is 0 Å². The Hall–Kier alpha value is -1.75. The Morgan fingerprint density at radius 2 is 1.96 bits per heavy atom. The summed E-state index contributed by atoms with van der Waals surface area (Å²) in [6, 6.07) is 8.42. The first kappa shape index (κ1) is 17.1. The lowest BCUT2D eigenvalue weighted by molar-refractivity contribution is 0.0696. The van der Waals surface area contributed by atoms with E-state index < -0.39 is 0 Å². The Morgan fingerprint density at radius 3 is 2.58 bits per heavy atom. The van der Waals surface area contributed by atoms with Crippen LogP contribution in [0.4, 0.5) is 0 Å². The predicted octanol–water partition coefficient (Wildman–Crippen LogP) is 4.12. The van der Waals surface area contributed by atoms with Gasteiger partial charge in [0.2, 0.25) is 0 Å². The second-order valence-corrected chi connectivity index (χ2v) is 7.46. The van der Waals surface area contributed by atoms with Gasteiger partial charge in [0.05, 0.1) is 0 Å². The number of benzene rings is 1. The van der Waals surface area contributed by atoms with Crippen LogP contribution in [-0.2, 0) is 12.8 Å². The van der Waals surface area contributed by atoms with Gasteiger partial charge in [0, 0.05) is 43.8 Å². The monoisotopic (exact) mass is 343 g/mol. The molecular weight excluding hydrogens is 318 g/mol. The summed E-state index contributed by atoms with van der Waals surface area (Å²) < 4.78 is 2.02. The normalized spacial score (nSPS) is 15.4. The number of carbonyl (C=O) groups excluding carboxylic acids is 1. The summed E-state index contributed by atoms with van der Waals surface area (Å²) in [7, 11) is 3.95. The third kappa shape index (κ3) is 4.01. The molecule has 24 heavy (non-hydrogen) atoms. The van der Waals surface area contributed by atoms with E-state index in [2.05, 4.69) is 17.1 Å². The Labute approximate surface area is 148 Å². The summed E-state index contributed by atoms with van der Waals surface area (Å²) in [6.45, 7) is 0. The Morgan fingerprint density at radius 1 is 1.25 bits per heavy atom. The summed E-state index contributed by atoms with van der Waals surface area (Å²) in [5.74, 6) is 1.00. The number of rotatable bonds is 5. The molecule has 3 rings (SSSR count). The number of hydrogen-bond acceptors (Lipinski definition) is 3. The molecule has 128 valence electrons. The first-order valence-corrected chi connectivity index (χ1v) is 9.60. The first-order valence-electron chi connectivity index (χ1n) is 8.61. The van der Waals surface area contributed by atoms with Crippen molar-refractivity contribution in [3.05, 3.63) is 47.8 Å². The van der Waals surface area contributed by atoms with Crippen LogP contribution in [0.2, 0.25) is 0 Å². The fourth-order valence-electron chi connectivity index (χ4n) is 3.22. The molecule has 0 bridgehead atoms. The maximum atomic E-state index is 12.7. The van der Waals surface area contributed by atoms with Crippen LogP contribution < -0.4 is 0 Å². The molecule has 0 spiro atoms. The molecule has 1 aliphatic rings. The van der Waals surface area contributed by atoms with Crippen LogP contribution in [0.3, 0.4) is 0 Å². The molecule has 0 atom stereocenters. The number of carbonyl (C=O) groups is 1. The molecule has 0 unspecified atom stereocenters. The second kappa shape index (κ2) is 7.88. The molecule has 1 fully saturated rings. The van der Waals surface area contributed by atoms with Crippen LogP contribution in [0.5, 0.6) is 0 Å². The van der Waals surface area contributed by atoms with E-state index in [9.17, 15) is 4.79 Å². The van der Waals surface area contributed by atoms with Crippen molar-refractivity contribution in [1.82, 2.24) is 14.5 Å². The summed E-state index contributed by atoms with van der Waals surface area (Å²) >= 11 is 1.71. The van der Waals surface area contributed by atoms with Crippen LogP contribution in [0, 0.1) is 0 Å². The van der Waals surface area contributed by atoms with Crippen LogP contribution in [0.1, 0.15) is 48.0 Å². The molecule has 1 saturated carbocycles. The minimum absolute atomic E-state index is 0.144. The van der Waals surface area contributed by atoms with Crippen molar-refractivity contribution in [3.8, 4) is 0 Å². The van der Waals surface area contributed by atoms with E-state index in [4.69, 9.17) is 0 Å². The van der Waals surface area contributed by atoms with Gasteiger partial charge in [0.25, 0.3) is 5.91 Å². The van der Waals surface area contributed by atoms with Crippen LogP contribution in [-0.4, -0.2) is 33.4 Å². The number of hydrogen-bond donors (Lipinski definition) is 0. The summed E-state index contributed by atoms with van der Waals surface area (Å²) in [6.07, 6.45) is 9.83. The van der Waals surface area contributed by atoms with E-state index in [1.807, 2.05) is 48.1 Å². The highest BCUT2D eigenvalue weighted by Crippen LogP contribution is 2.24. The molecule has 4 nitrogen and oxygen atoms in total. The number of aromatic nitrogens is 2. The van der Waals surface area contributed by atoms with Crippen LogP contribution >= 0.6 is 11.8 Å². The maximum absolute atomic E-state index is 12.7. The molecule has 1 amide bonds. The van der Waals surface area contributed by atoms with E-state index in [-0.39, 0.29) is 5.91 Å². The molecule has 0 saturated heterocycles. The summed E-state index contributed by atoms with van der Waals surface area (Å²) in [4.78, 5) is 18.9. The van der Waals surface area contributed by atoms with Crippen molar-refractivity contribution >= 4 is 17.7 Å². The highest BCUT2D eigenvalue weighted by atomic mass is 32.2. The fraction of sp³-hybridized carbons (Fsp3) is 0.474. The zero-order chi connectivity index (χ0) is 16.9. The zero-order valence-electron chi connectivity index (χ0n) is 14.4. The van der Waals surface area contributed by atoms with Crippen LogP contribution in [0.15, 0.2) is 41.8 Å². The van der Waals surface area contributed by atoms with Crippen molar-refractivity contribution in [2.45, 2.75) is 49.1 Å². The number of thioether (sulfide) groups is 1. The minimum Gasteiger partial charge on any atom is -0.339 e. The standard InChI is InChI=1S/C19H25N3OS/c1-21-13-12-20-19(21)24-14-15-8-10-16(11-9-15)18(23)22(2)17-6-4-3-5-7-17/h8-13,17H,3-7,14H2,1-2H3. The van der Waals surface area contributed by atoms with Gasteiger partial charge in [0.1, 0.15) is 0 Å². The Bertz CT molecular complexity index is 674. The molecule has 0 N–H and O–H groups in total. The van der Waals surface area contributed by atoms with Gasteiger partial charge in [0.15, 0.2) is 5.16 Å². The van der Waals surface area contributed by atoms with Gasteiger partial charge >= 0.3 is 0 Å². The average molecular weight is 343 g/mol. The first-order chi connectivity index (χ1) is 11.6. The number of amides is 1. The minimum atomic E-state index is 0.144. The third-order valence-electron chi connectivity index (χ3n) is 4.79. The molecule has 1 aliphatic carbocycles. The van der Waals surface area contributed by atoms with E-state index in [0.717, 1.165) is 29.3 Å². The highest BCUT2D eigenvalue weighted by Gasteiger charge is 2.22. The molecule has 1 aromatic heterocycles. The van der Waals surface area contributed by atoms with Crippen molar-refractivity contribution in [1.29, 1.82) is 0 Å². The lowest BCUT2D eigenvalue weighted by Crippen LogP contribution is -2.38. The van der Waals surface area contributed by atoms with Gasteiger partial charge in [-0.25, -0.2) is 4.98 Å². The highest BCUT2D eigenvalue weighted by molar-refractivity contribution is 7.98. The Kier molecular flexibility index (Phi) is 5.61. The molecule has 1 heterocycles. The lowest BCUT2D eigenvalue weighted by atomic mass is 9.94. The third-order valence-corrected chi connectivity index (χ3v) is 5.92. The van der Waals surface area contributed by atoms with Gasteiger partial charge in [-0.2, -0.15) is 0 Å². The van der Waals surface area contributed by atoms with E-state index in [0.29, 0.717) is 6.04 Å². The van der Waals surface area contributed by atoms with Gasteiger partial charge in [-0.3, -0.25) is 4.79 Å². The SMILES string of the molecule is CN(C(=O)c1ccc(CSc2nccn2C)cc1)C1CCCCC1. The zero-order valence-corrected chi connectivity index (χ0v) is 15.3. The van der Waals surface area contributed by atoms with Gasteiger partial charge < -0.3 is 9.47 Å². The summed E-state index contributed by atoms with van der Waals surface area (Å²) in [5, 5.41) is 1.01. The number of aryl methyl sites for hydroxylation is 1. The fourth-order valence-corrected chi connectivity index (χ4v) is 4.11. The number of nitrogens with zero attached hydrogens (tertiary/aromatic N) is 3. The van der Waals surface area contributed by atoms with E-state index >= 15 is 0 Å². The second-order valence-electron chi connectivity index (χ2n) is 6.51. The molecular formula is C19H25N3OS. The Balaban J connectivity index is 1.59. The summed E-state index contributed by atoms with van der Waals surface area (Å²) in [5.41, 5.74) is 1.99. The molecule has 0 aliphatic heterocycles. The smallest absolute Gasteiger partial charge is 0.253 e. The average Bonchev–Trinajstić information content (AvgIpc) is 3.05. The van der Waals surface area contributed by atoms with Crippen molar-refractivity contribution in [3.63, 3.8) is 0 Å². The molecule has 0 radical (unpaired) electrons. The van der Waals surface area contributed by atoms with Crippen molar-refractivity contribution < 1.29 is 4.79 Å². The quantitative estimate of drug-likeness (QED) is 0.767. The van der Waals surface area contributed by atoms with Crippen molar-refractivity contribution in [2.75, 3.05) is 7.05 Å². The maximum Gasteiger partial charge on any atom is 0.253 e. The molecule has 2 aromatic rings.